The standard InChI is InChI=1S/C15H25NO3S/c1-12(20(3)18)9-16-10-15(17)11-19-13(2)14-7-5-4-6-8-14/h4-8,12-13,15-17H,9-11H2,1-3H3. The van der Waals surface area contributed by atoms with Crippen LogP contribution in [0, 0.1) is 0 Å². The summed E-state index contributed by atoms with van der Waals surface area (Å²) in [6, 6.07) is 9.92. The van der Waals surface area contributed by atoms with Crippen molar-refractivity contribution in [2.75, 3.05) is 26.0 Å². The Morgan fingerprint density at radius 3 is 2.50 bits per heavy atom. The summed E-state index contributed by atoms with van der Waals surface area (Å²) >= 11 is 0. The van der Waals surface area contributed by atoms with Crippen LogP contribution in [0.3, 0.4) is 0 Å². The minimum absolute atomic E-state index is 0.0343. The molecule has 0 bridgehead atoms. The second-order valence-corrected chi connectivity index (χ2v) is 6.81. The second kappa shape index (κ2) is 9.23. The largest absolute Gasteiger partial charge is 0.389 e. The lowest BCUT2D eigenvalue weighted by atomic mass is 10.1. The van der Waals surface area contributed by atoms with E-state index >= 15 is 0 Å². The first-order chi connectivity index (χ1) is 9.50. The van der Waals surface area contributed by atoms with E-state index in [1.165, 1.54) is 0 Å². The van der Waals surface area contributed by atoms with Crippen LogP contribution >= 0.6 is 0 Å². The Morgan fingerprint density at radius 2 is 1.90 bits per heavy atom. The molecule has 1 aromatic carbocycles. The molecule has 0 aliphatic heterocycles. The van der Waals surface area contributed by atoms with Crippen LogP contribution in [0.25, 0.3) is 0 Å². The first-order valence-corrected chi connectivity index (χ1v) is 8.50. The number of hydrogen-bond acceptors (Lipinski definition) is 4. The van der Waals surface area contributed by atoms with Crippen molar-refractivity contribution < 1.29 is 14.1 Å². The highest BCUT2D eigenvalue weighted by molar-refractivity contribution is 7.84. The third-order valence-corrected chi connectivity index (χ3v) is 4.49. The van der Waals surface area contributed by atoms with Gasteiger partial charge in [-0.05, 0) is 19.4 Å². The lowest BCUT2D eigenvalue weighted by Crippen LogP contribution is -2.35. The van der Waals surface area contributed by atoms with E-state index in [4.69, 9.17) is 4.74 Å². The highest BCUT2D eigenvalue weighted by atomic mass is 32.2. The summed E-state index contributed by atoms with van der Waals surface area (Å²) in [6.45, 7) is 5.26. The number of rotatable bonds is 9. The summed E-state index contributed by atoms with van der Waals surface area (Å²) in [7, 11) is -0.836. The van der Waals surface area contributed by atoms with E-state index in [2.05, 4.69) is 5.32 Å². The molecule has 0 saturated carbocycles. The molecule has 2 N–H and O–H groups in total. The predicted octanol–water partition coefficient (Wildman–Crippen LogP) is 1.48. The Hall–Kier alpha value is -0.750. The van der Waals surface area contributed by atoms with Gasteiger partial charge < -0.3 is 15.2 Å². The predicted molar refractivity (Wildman–Crippen MR) is 83.2 cm³/mol. The van der Waals surface area contributed by atoms with Gasteiger partial charge in [0.2, 0.25) is 0 Å². The van der Waals surface area contributed by atoms with E-state index in [9.17, 15) is 9.32 Å². The van der Waals surface area contributed by atoms with Crippen LogP contribution in [0.4, 0.5) is 0 Å². The summed E-state index contributed by atoms with van der Waals surface area (Å²) < 4.78 is 16.8. The third-order valence-electron chi connectivity index (χ3n) is 3.19. The van der Waals surface area contributed by atoms with Gasteiger partial charge in [-0.1, -0.05) is 30.3 Å². The van der Waals surface area contributed by atoms with Gasteiger partial charge in [-0.2, -0.15) is 0 Å². The molecule has 5 heteroatoms. The van der Waals surface area contributed by atoms with Crippen molar-refractivity contribution in [3.63, 3.8) is 0 Å². The Kier molecular flexibility index (Phi) is 7.99. The zero-order valence-corrected chi connectivity index (χ0v) is 13.2. The molecule has 0 aromatic heterocycles. The number of aliphatic hydroxyl groups excluding tert-OH is 1. The Bertz CT molecular complexity index is 399. The van der Waals surface area contributed by atoms with Crippen molar-refractivity contribution in [2.45, 2.75) is 31.3 Å². The molecule has 0 aliphatic carbocycles. The molecule has 4 atom stereocenters. The average Bonchev–Trinajstić information content (AvgIpc) is 2.45. The second-order valence-electron chi connectivity index (χ2n) is 5.01. The van der Waals surface area contributed by atoms with Gasteiger partial charge in [-0.25, -0.2) is 0 Å². The van der Waals surface area contributed by atoms with Gasteiger partial charge in [0.25, 0.3) is 0 Å². The van der Waals surface area contributed by atoms with Crippen molar-refractivity contribution in [3.05, 3.63) is 35.9 Å². The normalized spacial score (nSPS) is 17.4. The lowest BCUT2D eigenvalue weighted by Gasteiger charge is -2.18. The third kappa shape index (κ3) is 6.61. The molecule has 0 radical (unpaired) electrons. The monoisotopic (exact) mass is 299 g/mol. The van der Waals surface area contributed by atoms with Crippen LogP contribution < -0.4 is 5.32 Å². The van der Waals surface area contributed by atoms with Crippen molar-refractivity contribution in [1.82, 2.24) is 5.32 Å². The maximum Gasteiger partial charge on any atom is 0.0897 e. The fraction of sp³-hybridized carbons (Fsp3) is 0.600. The van der Waals surface area contributed by atoms with Crippen LogP contribution in [-0.2, 0) is 15.5 Å². The lowest BCUT2D eigenvalue weighted by molar-refractivity contribution is -0.00191. The molecule has 4 unspecified atom stereocenters. The summed E-state index contributed by atoms with van der Waals surface area (Å²) in [6.07, 6.45) is 1.10. The fourth-order valence-corrected chi connectivity index (χ4v) is 2.06. The van der Waals surface area contributed by atoms with Gasteiger partial charge in [0.15, 0.2) is 0 Å². The summed E-state index contributed by atoms with van der Waals surface area (Å²) in [5.41, 5.74) is 1.10. The van der Waals surface area contributed by atoms with Crippen LogP contribution in [0.15, 0.2) is 30.3 Å². The van der Waals surface area contributed by atoms with Gasteiger partial charge >= 0.3 is 0 Å². The van der Waals surface area contributed by atoms with Crippen LogP contribution in [0.5, 0.6) is 0 Å². The first kappa shape index (κ1) is 17.3. The minimum Gasteiger partial charge on any atom is -0.389 e. The van der Waals surface area contributed by atoms with Gasteiger partial charge in [0, 0.05) is 35.4 Å². The zero-order valence-electron chi connectivity index (χ0n) is 12.4. The maximum atomic E-state index is 11.2. The molecule has 0 amide bonds. The number of nitrogens with one attached hydrogen (secondary N) is 1. The summed E-state index contributed by atoms with van der Waals surface area (Å²) in [4.78, 5) is 0. The molecule has 0 fully saturated rings. The van der Waals surface area contributed by atoms with Gasteiger partial charge in [-0.3, -0.25) is 4.21 Å². The highest BCUT2D eigenvalue weighted by Crippen LogP contribution is 2.15. The number of benzene rings is 1. The van der Waals surface area contributed by atoms with E-state index < -0.39 is 16.9 Å². The van der Waals surface area contributed by atoms with Gasteiger partial charge in [0.05, 0.1) is 18.8 Å². The van der Waals surface area contributed by atoms with Crippen molar-refractivity contribution >= 4 is 10.8 Å². The van der Waals surface area contributed by atoms with Crippen LogP contribution in [0.2, 0.25) is 0 Å². The van der Waals surface area contributed by atoms with Crippen molar-refractivity contribution in [1.29, 1.82) is 0 Å². The summed E-state index contributed by atoms with van der Waals surface area (Å²) in [5, 5.41) is 13.0. The van der Waals surface area contributed by atoms with Crippen molar-refractivity contribution in [3.8, 4) is 0 Å². The minimum atomic E-state index is -0.836. The van der Waals surface area contributed by atoms with Crippen molar-refractivity contribution in [2.24, 2.45) is 0 Å². The molecular formula is C15H25NO3S. The Labute approximate surface area is 124 Å². The molecule has 0 saturated heterocycles. The number of hydrogen-bond donors (Lipinski definition) is 2. The smallest absolute Gasteiger partial charge is 0.0897 e. The Balaban J connectivity index is 2.20. The van der Waals surface area contributed by atoms with E-state index in [0.29, 0.717) is 13.1 Å². The number of ether oxygens (including phenoxy) is 1. The van der Waals surface area contributed by atoms with Crippen LogP contribution in [0.1, 0.15) is 25.5 Å². The molecule has 1 rings (SSSR count). The van der Waals surface area contributed by atoms with E-state index in [1.807, 2.05) is 44.2 Å². The molecule has 4 nitrogen and oxygen atoms in total. The maximum absolute atomic E-state index is 11.2. The molecule has 0 aliphatic rings. The van der Waals surface area contributed by atoms with Gasteiger partial charge in [0.1, 0.15) is 0 Å². The topological polar surface area (TPSA) is 58.6 Å². The molecule has 1 aromatic rings. The van der Waals surface area contributed by atoms with E-state index in [0.717, 1.165) is 5.56 Å². The SMILES string of the molecule is CC(OCC(O)CNCC(C)S(C)=O)c1ccccc1. The number of aliphatic hydroxyl groups is 1. The quantitative estimate of drug-likeness (QED) is 0.725. The van der Waals surface area contributed by atoms with Crippen LogP contribution in [-0.4, -0.2) is 46.6 Å². The highest BCUT2D eigenvalue weighted by Gasteiger charge is 2.11. The van der Waals surface area contributed by atoms with Gasteiger partial charge in [-0.15, -0.1) is 0 Å². The zero-order chi connectivity index (χ0) is 15.0. The summed E-state index contributed by atoms with van der Waals surface area (Å²) in [5.74, 6) is 0. The molecule has 0 heterocycles. The van der Waals surface area contributed by atoms with E-state index in [1.54, 1.807) is 6.26 Å². The molecule has 20 heavy (non-hydrogen) atoms. The molecular weight excluding hydrogens is 274 g/mol. The van der Waals surface area contributed by atoms with E-state index in [-0.39, 0.29) is 18.0 Å². The Morgan fingerprint density at radius 1 is 1.25 bits per heavy atom. The first-order valence-electron chi connectivity index (χ1n) is 6.88. The molecule has 0 spiro atoms. The molecule has 114 valence electrons. The average molecular weight is 299 g/mol. The fourth-order valence-electron chi connectivity index (χ4n) is 1.71.